The van der Waals surface area contributed by atoms with E-state index in [0.29, 0.717) is 5.78 Å². The molecule has 1 saturated heterocycles. The zero-order valence-corrected chi connectivity index (χ0v) is 13.3. The molecule has 3 heteroatoms. The molecule has 2 rings (SSSR count). The van der Waals surface area contributed by atoms with Gasteiger partial charge in [0.1, 0.15) is 5.78 Å². The summed E-state index contributed by atoms with van der Waals surface area (Å²) in [5.41, 5.74) is 0.0615. The van der Waals surface area contributed by atoms with Gasteiger partial charge in [-0.1, -0.05) is 33.1 Å². The summed E-state index contributed by atoms with van der Waals surface area (Å²) in [7, 11) is 0. The maximum Gasteiger partial charge on any atom is 0.137 e. The van der Waals surface area contributed by atoms with Crippen molar-refractivity contribution in [3.63, 3.8) is 0 Å². The van der Waals surface area contributed by atoms with Crippen molar-refractivity contribution in [2.75, 3.05) is 26.2 Å². The van der Waals surface area contributed by atoms with Crippen LogP contribution in [0.15, 0.2) is 0 Å². The van der Waals surface area contributed by atoms with Crippen LogP contribution in [0.4, 0.5) is 0 Å². The van der Waals surface area contributed by atoms with E-state index in [1.807, 2.05) is 0 Å². The first-order chi connectivity index (χ1) is 9.69. The Morgan fingerprint density at radius 1 is 1.20 bits per heavy atom. The quantitative estimate of drug-likeness (QED) is 0.747. The van der Waals surface area contributed by atoms with E-state index >= 15 is 0 Å². The largest absolute Gasteiger partial charge is 0.375 e. The molecule has 2 aliphatic rings. The van der Waals surface area contributed by atoms with Crippen molar-refractivity contribution in [3.8, 4) is 0 Å². The van der Waals surface area contributed by atoms with E-state index in [4.69, 9.17) is 4.74 Å². The molecule has 0 aromatic heterocycles. The van der Waals surface area contributed by atoms with Crippen LogP contribution in [-0.4, -0.2) is 42.5 Å². The Morgan fingerprint density at radius 3 is 2.55 bits per heavy atom. The van der Waals surface area contributed by atoms with Crippen LogP contribution in [0.2, 0.25) is 0 Å². The molecule has 3 nitrogen and oxygen atoms in total. The Balaban J connectivity index is 1.83. The maximum atomic E-state index is 12.5. The third-order valence-electron chi connectivity index (χ3n) is 5.28. The number of hydrogen-bond acceptors (Lipinski definition) is 3. The minimum atomic E-state index is 0.0615. The van der Waals surface area contributed by atoms with Gasteiger partial charge in [0.15, 0.2) is 0 Å². The average molecular weight is 281 g/mol. The second kappa shape index (κ2) is 7.56. The summed E-state index contributed by atoms with van der Waals surface area (Å²) < 4.78 is 6.09. The van der Waals surface area contributed by atoms with Gasteiger partial charge in [0.25, 0.3) is 0 Å². The number of ketones is 1. The number of carbonyl (C=O) groups is 1. The van der Waals surface area contributed by atoms with E-state index in [1.165, 1.54) is 32.1 Å². The lowest BCUT2D eigenvalue weighted by Gasteiger charge is -2.43. The molecule has 20 heavy (non-hydrogen) atoms. The van der Waals surface area contributed by atoms with Crippen LogP contribution in [-0.2, 0) is 9.53 Å². The van der Waals surface area contributed by atoms with Gasteiger partial charge >= 0.3 is 0 Å². The van der Waals surface area contributed by atoms with Gasteiger partial charge in [0, 0.05) is 25.5 Å². The molecular weight excluding hydrogens is 250 g/mol. The fourth-order valence-electron chi connectivity index (χ4n) is 3.86. The highest BCUT2D eigenvalue weighted by Crippen LogP contribution is 2.41. The molecule has 0 radical (unpaired) electrons. The summed E-state index contributed by atoms with van der Waals surface area (Å²) in [6.45, 7) is 8.14. The molecule has 0 bridgehead atoms. The van der Waals surface area contributed by atoms with Gasteiger partial charge in [0.2, 0.25) is 0 Å². The van der Waals surface area contributed by atoms with E-state index in [1.54, 1.807) is 0 Å². The summed E-state index contributed by atoms with van der Waals surface area (Å²) >= 11 is 0. The number of carbonyl (C=O) groups excluding carboxylic acids is 1. The van der Waals surface area contributed by atoms with E-state index < -0.39 is 0 Å². The third kappa shape index (κ3) is 4.05. The topological polar surface area (TPSA) is 29.5 Å². The SMILES string of the molecule is CCN(CC)CCC(=O)C1CCOC2(CCCCC2)C1. The molecule has 0 N–H and O–H groups in total. The molecule has 1 atom stereocenters. The molecule has 116 valence electrons. The van der Waals surface area contributed by atoms with Gasteiger partial charge in [-0.3, -0.25) is 4.79 Å². The summed E-state index contributed by atoms with van der Waals surface area (Å²) in [6.07, 6.45) is 8.90. The lowest BCUT2D eigenvalue weighted by Crippen LogP contribution is -2.43. The van der Waals surface area contributed by atoms with Gasteiger partial charge in [-0.05, 0) is 38.8 Å². The summed E-state index contributed by atoms with van der Waals surface area (Å²) in [5, 5.41) is 0. The minimum Gasteiger partial charge on any atom is -0.375 e. The number of rotatable bonds is 6. The zero-order chi connectivity index (χ0) is 14.4. The fourth-order valence-corrected chi connectivity index (χ4v) is 3.86. The number of ether oxygens (including phenoxy) is 1. The second-order valence-corrected chi connectivity index (χ2v) is 6.53. The van der Waals surface area contributed by atoms with Gasteiger partial charge in [-0.25, -0.2) is 0 Å². The molecule has 0 aromatic carbocycles. The van der Waals surface area contributed by atoms with Crippen LogP contribution in [0.25, 0.3) is 0 Å². The summed E-state index contributed by atoms with van der Waals surface area (Å²) in [6, 6.07) is 0. The predicted octanol–water partition coefficient (Wildman–Crippen LogP) is 3.42. The van der Waals surface area contributed by atoms with Crippen molar-refractivity contribution in [3.05, 3.63) is 0 Å². The Kier molecular flexibility index (Phi) is 6.03. The van der Waals surface area contributed by atoms with Crippen molar-refractivity contribution in [1.82, 2.24) is 4.90 Å². The van der Waals surface area contributed by atoms with Crippen molar-refractivity contribution in [1.29, 1.82) is 0 Å². The Bertz CT molecular complexity index is 301. The molecular formula is C17H31NO2. The highest BCUT2D eigenvalue weighted by Gasteiger charge is 2.40. The van der Waals surface area contributed by atoms with Crippen LogP contribution < -0.4 is 0 Å². The molecule has 1 unspecified atom stereocenters. The normalized spacial score (nSPS) is 26.1. The Hall–Kier alpha value is -0.410. The highest BCUT2D eigenvalue weighted by molar-refractivity contribution is 5.81. The van der Waals surface area contributed by atoms with Crippen LogP contribution in [0, 0.1) is 5.92 Å². The molecule has 0 amide bonds. The molecule has 2 fully saturated rings. The first kappa shape index (κ1) is 16.0. The van der Waals surface area contributed by atoms with E-state index in [9.17, 15) is 4.79 Å². The van der Waals surface area contributed by atoms with E-state index in [2.05, 4.69) is 18.7 Å². The Morgan fingerprint density at radius 2 is 1.90 bits per heavy atom. The van der Waals surface area contributed by atoms with Gasteiger partial charge in [0.05, 0.1) is 5.60 Å². The smallest absolute Gasteiger partial charge is 0.137 e. The third-order valence-corrected chi connectivity index (χ3v) is 5.28. The maximum absolute atomic E-state index is 12.5. The second-order valence-electron chi connectivity index (χ2n) is 6.53. The van der Waals surface area contributed by atoms with Crippen LogP contribution in [0.5, 0.6) is 0 Å². The van der Waals surface area contributed by atoms with Crippen molar-refractivity contribution in [2.24, 2.45) is 5.92 Å². The first-order valence-electron chi connectivity index (χ1n) is 8.58. The van der Waals surface area contributed by atoms with Gasteiger partial charge in [-0.2, -0.15) is 0 Å². The molecule has 1 aliphatic carbocycles. The van der Waals surface area contributed by atoms with Crippen molar-refractivity contribution in [2.45, 2.75) is 70.8 Å². The number of nitrogens with zero attached hydrogens (tertiary/aromatic N) is 1. The lowest BCUT2D eigenvalue weighted by atomic mass is 9.74. The van der Waals surface area contributed by atoms with Crippen LogP contribution in [0.3, 0.4) is 0 Å². The van der Waals surface area contributed by atoms with Crippen molar-refractivity contribution >= 4 is 5.78 Å². The number of Topliss-reactive ketones (excluding diaryl/α,β-unsaturated/α-hetero) is 1. The molecule has 1 heterocycles. The highest BCUT2D eigenvalue weighted by atomic mass is 16.5. The molecule has 1 spiro atoms. The van der Waals surface area contributed by atoms with Crippen LogP contribution in [0.1, 0.15) is 65.2 Å². The summed E-state index contributed by atoms with van der Waals surface area (Å²) in [5.74, 6) is 0.738. The van der Waals surface area contributed by atoms with Gasteiger partial charge in [-0.15, -0.1) is 0 Å². The predicted molar refractivity (Wildman–Crippen MR) is 81.9 cm³/mol. The molecule has 1 aliphatic heterocycles. The first-order valence-corrected chi connectivity index (χ1v) is 8.58. The minimum absolute atomic E-state index is 0.0615. The molecule has 1 saturated carbocycles. The standard InChI is InChI=1S/C17H31NO2/c1-3-18(4-2)12-8-16(19)15-9-13-20-17(14-15)10-6-5-7-11-17/h15H,3-14H2,1-2H3. The average Bonchev–Trinajstić information content (AvgIpc) is 2.49. The zero-order valence-electron chi connectivity index (χ0n) is 13.3. The lowest BCUT2D eigenvalue weighted by molar-refractivity contribution is -0.143. The monoisotopic (exact) mass is 281 g/mol. The van der Waals surface area contributed by atoms with Crippen molar-refractivity contribution < 1.29 is 9.53 Å². The fraction of sp³-hybridized carbons (Fsp3) is 0.941. The van der Waals surface area contributed by atoms with Crippen LogP contribution >= 0.6 is 0 Å². The summed E-state index contributed by atoms with van der Waals surface area (Å²) in [4.78, 5) is 14.8. The number of hydrogen-bond donors (Lipinski definition) is 0. The van der Waals surface area contributed by atoms with E-state index in [0.717, 1.165) is 45.5 Å². The Labute approximate surface area is 124 Å². The van der Waals surface area contributed by atoms with Gasteiger partial charge < -0.3 is 9.64 Å². The van der Waals surface area contributed by atoms with E-state index in [-0.39, 0.29) is 11.5 Å². The molecule has 0 aromatic rings.